The van der Waals surface area contributed by atoms with Crippen molar-refractivity contribution in [3.05, 3.63) is 39.7 Å². The van der Waals surface area contributed by atoms with Crippen molar-refractivity contribution in [2.75, 3.05) is 6.54 Å². The largest absolute Gasteiger partial charge is 0.402 e. The summed E-state index contributed by atoms with van der Waals surface area (Å²) in [6.45, 7) is 13.6. The molecule has 1 aromatic heterocycles. The van der Waals surface area contributed by atoms with Crippen LogP contribution >= 0.6 is 11.3 Å². The molecule has 0 spiro atoms. The molecule has 0 bridgehead atoms. The first-order valence-electron chi connectivity index (χ1n) is 7.53. The summed E-state index contributed by atoms with van der Waals surface area (Å²) in [6.07, 6.45) is 5.68. The minimum Gasteiger partial charge on any atom is -0.402 e. The normalized spacial score (nSPS) is 17.6. The second-order valence-corrected chi connectivity index (χ2v) is 7.02. The molecule has 3 N–H and O–H groups in total. The predicted octanol–water partition coefficient (Wildman–Crippen LogP) is 3.99. The molecule has 0 radical (unpaired) electrons. The third-order valence-corrected chi connectivity index (χ3v) is 5.34. The van der Waals surface area contributed by atoms with E-state index in [-0.39, 0.29) is 0 Å². The zero-order valence-corrected chi connectivity index (χ0v) is 13.5. The lowest BCUT2D eigenvalue weighted by Crippen LogP contribution is -2.20. The number of allylic oxidation sites excluding steroid dienone is 1. The number of aryl methyl sites for hydroxylation is 2. The van der Waals surface area contributed by atoms with E-state index < -0.39 is 0 Å². The molecule has 1 atom stereocenters. The van der Waals surface area contributed by atoms with Crippen LogP contribution in [0.1, 0.15) is 47.1 Å². The van der Waals surface area contributed by atoms with Gasteiger partial charge in [-0.1, -0.05) is 26.5 Å². The van der Waals surface area contributed by atoms with Crippen molar-refractivity contribution in [3.8, 4) is 0 Å². The summed E-state index contributed by atoms with van der Waals surface area (Å²) in [7, 11) is 0. The van der Waals surface area contributed by atoms with Gasteiger partial charge in [0.15, 0.2) is 0 Å². The van der Waals surface area contributed by atoms with Crippen LogP contribution < -0.4 is 11.1 Å². The highest BCUT2D eigenvalue weighted by Crippen LogP contribution is 2.39. The van der Waals surface area contributed by atoms with Crippen molar-refractivity contribution >= 4 is 17.0 Å². The number of nitrogens with two attached hydrogens (primary N) is 1. The molecule has 1 unspecified atom stereocenters. The molecule has 2 rings (SSSR count). The molecule has 20 heavy (non-hydrogen) atoms. The Kier molecular flexibility index (Phi) is 4.92. The second-order valence-electron chi connectivity index (χ2n) is 5.71. The van der Waals surface area contributed by atoms with E-state index >= 15 is 0 Å². The van der Waals surface area contributed by atoms with Crippen molar-refractivity contribution in [1.82, 2.24) is 5.32 Å². The molecule has 2 nitrogen and oxygen atoms in total. The Morgan fingerprint density at radius 1 is 1.45 bits per heavy atom. The molecular weight excluding hydrogens is 264 g/mol. The minimum atomic E-state index is 0.429. The SMILES string of the molecule is C=C(NCCCC)c1c(C)sc2c1CC(C(=C)N)CC2. The van der Waals surface area contributed by atoms with Crippen LogP contribution in [-0.4, -0.2) is 6.54 Å². The van der Waals surface area contributed by atoms with E-state index in [1.807, 2.05) is 11.3 Å². The summed E-state index contributed by atoms with van der Waals surface area (Å²) in [5, 5.41) is 3.48. The highest BCUT2D eigenvalue weighted by molar-refractivity contribution is 7.12. The third kappa shape index (κ3) is 3.09. The zero-order valence-electron chi connectivity index (χ0n) is 12.7. The minimum absolute atomic E-state index is 0.429. The quantitative estimate of drug-likeness (QED) is 0.777. The first-order valence-corrected chi connectivity index (χ1v) is 8.34. The molecular formula is C17H26N2S. The summed E-state index contributed by atoms with van der Waals surface area (Å²) in [4.78, 5) is 2.90. The number of fused-ring (bicyclic) bond motifs is 1. The van der Waals surface area contributed by atoms with Gasteiger partial charge in [0.25, 0.3) is 0 Å². The van der Waals surface area contributed by atoms with Crippen molar-refractivity contribution in [3.63, 3.8) is 0 Å². The van der Waals surface area contributed by atoms with E-state index in [9.17, 15) is 0 Å². The number of hydrogen-bond acceptors (Lipinski definition) is 3. The van der Waals surface area contributed by atoms with Crippen LogP contribution in [0.3, 0.4) is 0 Å². The van der Waals surface area contributed by atoms with Gasteiger partial charge in [0.2, 0.25) is 0 Å². The maximum absolute atomic E-state index is 5.93. The van der Waals surface area contributed by atoms with Crippen LogP contribution in [0.15, 0.2) is 18.9 Å². The van der Waals surface area contributed by atoms with E-state index in [1.54, 1.807) is 0 Å². The van der Waals surface area contributed by atoms with Crippen LogP contribution in [0.25, 0.3) is 5.70 Å². The Morgan fingerprint density at radius 3 is 2.85 bits per heavy atom. The summed E-state index contributed by atoms with van der Waals surface area (Å²) in [5.74, 6) is 0.429. The number of unbranched alkanes of at least 4 members (excludes halogenated alkanes) is 1. The van der Waals surface area contributed by atoms with E-state index in [0.717, 1.165) is 37.2 Å². The van der Waals surface area contributed by atoms with E-state index in [2.05, 4.69) is 32.3 Å². The molecule has 3 heteroatoms. The fraction of sp³-hybridized carbons (Fsp3) is 0.529. The monoisotopic (exact) mass is 290 g/mol. The van der Waals surface area contributed by atoms with Gasteiger partial charge in [0.05, 0.1) is 0 Å². The Bertz CT molecular complexity index is 513. The average Bonchev–Trinajstić information content (AvgIpc) is 2.73. The van der Waals surface area contributed by atoms with Crippen LogP contribution in [0.2, 0.25) is 0 Å². The van der Waals surface area contributed by atoms with Crippen molar-refractivity contribution in [2.45, 2.75) is 46.0 Å². The van der Waals surface area contributed by atoms with Crippen LogP contribution in [0, 0.1) is 12.8 Å². The number of thiophene rings is 1. The first kappa shape index (κ1) is 15.2. The lowest BCUT2D eigenvalue weighted by molar-refractivity contribution is 0.527. The Morgan fingerprint density at radius 2 is 2.20 bits per heavy atom. The van der Waals surface area contributed by atoms with Gasteiger partial charge < -0.3 is 11.1 Å². The molecule has 0 saturated carbocycles. The highest BCUT2D eigenvalue weighted by Gasteiger charge is 2.26. The van der Waals surface area contributed by atoms with Crippen LogP contribution in [0.4, 0.5) is 0 Å². The van der Waals surface area contributed by atoms with Gasteiger partial charge in [-0.05, 0) is 38.2 Å². The van der Waals surface area contributed by atoms with Gasteiger partial charge in [-0.15, -0.1) is 11.3 Å². The van der Waals surface area contributed by atoms with Crippen molar-refractivity contribution in [1.29, 1.82) is 0 Å². The lowest BCUT2D eigenvalue weighted by atomic mass is 9.84. The van der Waals surface area contributed by atoms with E-state index in [1.165, 1.54) is 33.7 Å². The fourth-order valence-corrected chi connectivity index (χ4v) is 4.18. The first-order chi connectivity index (χ1) is 9.54. The van der Waals surface area contributed by atoms with Crippen LogP contribution in [0.5, 0.6) is 0 Å². The summed E-state index contributed by atoms with van der Waals surface area (Å²) >= 11 is 1.93. The van der Waals surface area contributed by atoms with Gasteiger partial charge in [0.1, 0.15) is 0 Å². The number of rotatable bonds is 6. The predicted molar refractivity (Wildman–Crippen MR) is 89.8 cm³/mol. The summed E-state index contributed by atoms with van der Waals surface area (Å²) < 4.78 is 0. The Labute approximate surface area is 126 Å². The molecule has 0 saturated heterocycles. The molecule has 1 aliphatic carbocycles. The Balaban J connectivity index is 2.20. The fourth-order valence-electron chi connectivity index (χ4n) is 2.94. The summed E-state index contributed by atoms with van der Waals surface area (Å²) in [5.41, 5.74) is 10.6. The van der Waals surface area contributed by atoms with Gasteiger partial charge in [-0.3, -0.25) is 0 Å². The molecule has 110 valence electrons. The maximum Gasteiger partial charge on any atom is 0.0354 e. The third-order valence-electron chi connectivity index (χ3n) is 4.13. The van der Waals surface area contributed by atoms with Gasteiger partial charge in [0, 0.05) is 39.2 Å². The van der Waals surface area contributed by atoms with Gasteiger partial charge >= 0.3 is 0 Å². The molecule has 1 aliphatic rings. The molecule has 0 aromatic carbocycles. The number of hydrogen-bond donors (Lipinski definition) is 2. The standard InChI is InChI=1S/C17H26N2S/c1-5-6-9-19-12(3)17-13(4)20-16-8-7-14(11(2)18)10-15(16)17/h14,19H,2-3,5-10,18H2,1,4H3. The van der Waals surface area contributed by atoms with Crippen molar-refractivity contribution in [2.24, 2.45) is 11.7 Å². The highest BCUT2D eigenvalue weighted by atomic mass is 32.1. The molecule has 0 aliphatic heterocycles. The van der Waals surface area contributed by atoms with Gasteiger partial charge in [-0.2, -0.15) is 0 Å². The molecule has 1 aromatic rings. The van der Waals surface area contributed by atoms with E-state index in [0.29, 0.717) is 5.92 Å². The molecule has 1 heterocycles. The number of nitrogens with one attached hydrogen (secondary N) is 1. The molecule has 0 amide bonds. The Hall–Kier alpha value is -1.22. The van der Waals surface area contributed by atoms with Gasteiger partial charge in [-0.25, -0.2) is 0 Å². The van der Waals surface area contributed by atoms with Crippen molar-refractivity contribution < 1.29 is 0 Å². The second kappa shape index (κ2) is 6.49. The average molecular weight is 290 g/mol. The topological polar surface area (TPSA) is 38.0 Å². The molecule has 0 fully saturated rings. The maximum atomic E-state index is 5.93. The van der Waals surface area contributed by atoms with Crippen LogP contribution in [-0.2, 0) is 12.8 Å². The smallest absolute Gasteiger partial charge is 0.0354 e. The zero-order chi connectivity index (χ0) is 14.7. The lowest BCUT2D eigenvalue weighted by Gasteiger charge is -2.23. The van der Waals surface area contributed by atoms with E-state index in [4.69, 9.17) is 5.73 Å². The summed E-state index contributed by atoms with van der Waals surface area (Å²) in [6, 6.07) is 0.